The first-order valence-corrected chi connectivity index (χ1v) is 11.8. The van der Waals surface area contributed by atoms with Crippen LogP contribution >= 0.6 is 0 Å². The molecule has 0 spiro atoms. The molecule has 7 nitrogen and oxygen atoms in total. The second-order valence-electron chi connectivity index (χ2n) is 8.62. The van der Waals surface area contributed by atoms with Crippen LogP contribution in [0.15, 0.2) is 83.3 Å². The summed E-state index contributed by atoms with van der Waals surface area (Å²) in [4.78, 5) is 30.3. The molecule has 5 rings (SSSR count). The fourth-order valence-corrected chi connectivity index (χ4v) is 4.26. The van der Waals surface area contributed by atoms with E-state index in [1.54, 1.807) is 48.2 Å². The smallest absolute Gasteiger partial charge is 0.291 e. The first kappa shape index (κ1) is 23.4. The molecule has 1 aliphatic rings. The number of para-hydroxylation sites is 2. The SMILES string of the molecule is CC(Oc1ccccc1)C(=O)Nc1c(C(=O)N2CCN(c3ccc(F)cc3)CC2)oc2ccccc12. The standard InChI is InChI=1S/C28H26FN3O4/c1-19(35-22-7-3-2-4-8-22)27(33)30-25-23-9-5-6-10-24(23)36-26(25)28(34)32-17-15-31(16-18-32)21-13-11-20(29)12-14-21/h2-14,19H,15-18H2,1H3,(H,30,33). The highest BCUT2D eigenvalue weighted by Crippen LogP contribution is 2.32. The Balaban J connectivity index is 1.33. The third-order valence-corrected chi connectivity index (χ3v) is 6.22. The summed E-state index contributed by atoms with van der Waals surface area (Å²) in [5, 5.41) is 3.51. The summed E-state index contributed by atoms with van der Waals surface area (Å²) in [6, 6.07) is 22.6. The number of halogens is 1. The van der Waals surface area contributed by atoms with Gasteiger partial charge in [0.1, 0.15) is 22.8 Å². The van der Waals surface area contributed by atoms with E-state index in [0.717, 1.165) is 5.69 Å². The second-order valence-corrected chi connectivity index (χ2v) is 8.62. The van der Waals surface area contributed by atoms with Crippen molar-refractivity contribution in [1.29, 1.82) is 0 Å². The average molecular weight is 488 g/mol. The van der Waals surface area contributed by atoms with Gasteiger partial charge in [-0.1, -0.05) is 30.3 Å². The van der Waals surface area contributed by atoms with Crippen LogP contribution in [0.2, 0.25) is 0 Å². The van der Waals surface area contributed by atoms with Crippen LogP contribution in [0.4, 0.5) is 15.8 Å². The lowest BCUT2D eigenvalue weighted by Gasteiger charge is -2.35. The van der Waals surface area contributed by atoms with Gasteiger partial charge in [-0.15, -0.1) is 0 Å². The third-order valence-electron chi connectivity index (χ3n) is 6.22. The van der Waals surface area contributed by atoms with Crippen LogP contribution in [0.1, 0.15) is 17.5 Å². The molecule has 2 heterocycles. The maximum atomic E-state index is 13.5. The van der Waals surface area contributed by atoms with Crippen LogP contribution in [-0.2, 0) is 4.79 Å². The molecular weight excluding hydrogens is 461 g/mol. The van der Waals surface area contributed by atoms with Gasteiger partial charge >= 0.3 is 0 Å². The van der Waals surface area contributed by atoms with Crippen molar-refractivity contribution in [2.24, 2.45) is 0 Å². The zero-order valence-electron chi connectivity index (χ0n) is 19.8. The molecule has 1 aliphatic heterocycles. The highest BCUT2D eigenvalue weighted by Gasteiger charge is 2.30. The molecule has 1 unspecified atom stereocenters. The Labute approximate surface area is 208 Å². The lowest BCUT2D eigenvalue weighted by atomic mass is 10.2. The van der Waals surface area contributed by atoms with Crippen molar-refractivity contribution in [2.75, 3.05) is 36.4 Å². The molecule has 3 aromatic carbocycles. The van der Waals surface area contributed by atoms with E-state index in [1.165, 1.54) is 12.1 Å². The summed E-state index contributed by atoms with van der Waals surface area (Å²) in [7, 11) is 0. The summed E-state index contributed by atoms with van der Waals surface area (Å²) in [5.74, 6) is -0.299. The number of rotatable bonds is 6. The van der Waals surface area contributed by atoms with Gasteiger partial charge in [-0.2, -0.15) is 0 Å². The number of piperazine rings is 1. The Hall–Kier alpha value is -4.33. The fraction of sp³-hybridized carbons (Fsp3) is 0.214. The van der Waals surface area contributed by atoms with Gasteiger partial charge in [0.15, 0.2) is 6.10 Å². The Morgan fingerprint density at radius 3 is 2.31 bits per heavy atom. The van der Waals surface area contributed by atoms with Gasteiger partial charge in [-0.05, 0) is 55.5 Å². The first-order valence-electron chi connectivity index (χ1n) is 11.8. The van der Waals surface area contributed by atoms with Crippen LogP contribution in [0.3, 0.4) is 0 Å². The molecule has 0 saturated carbocycles. The molecule has 184 valence electrons. The number of fused-ring (bicyclic) bond motifs is 1. The molecule has 2 amide bonds. The number of carbonyl (C=O) groups excluding carboxylic acids is 2. The number of furan rings is 1. The van der Waals surface area contributed by atoms with Gasteiger partial charge in [0.05, 0.1) is 0 Å². The van der Waals surface area contributed by atoms with Crippen LogP contribution in [0.25, 0.3) is 11.0 Å². The number of anilines is 2. The molecule has 4 aromatic rings. The van der Waals surface area contributed by atoms with Crippen molar-refractivity contribution in [2.45, 2.75) is 13.0 Å². The quantitative estimate of drug-likeness (QED) is 0.417. The highest BCUT2D eigenvalue weighted by atomic mass is 19.1. The number of hydrogen-bond acceptors (Lipinski definition) is 5. The number of hydrogen-bond donors (Lipinski definition) is 1. The minimum absolute atomic E-state index is 0.0895. The van der Waals surface area contributed by atoms with Crippen molar-refractivity contribution < 1.29 is 23.1 Å². The van der Waals surface area contributed by atoms with Gasteiger partial charge in [-0.25, -0.2) is 4.39 Å². The molecule has 1 saturated heterocycles. The topological polar surface area (TPSA) is 75.0 Å². The average Bonchev–Trinajstić information content (AvgIpc) is 3.27. The number of benzene rings is 3. The molecular formula is C28H26FN3O4. The largest absolute Gasteiger partial charge is 0.481 e. The van der Waals surface area contributed by atoms with Crippen molar-refractivity contribution in [3.63, 3.8) is 0 Å². The van der Waals surface area contributed by atoms with Crippen LogP contribution in [-0.4, -0.2) is 49.0 Å². The predicted octanol–water partition coefficient (Wildman–Crippen LogP) is 4.94. The monoisotopic (exact) mass is 487 g/mol. The Kier molecular flexibility index (Phi) is 6.58. The van der Waals surface area contributed by atoms with E-state index in [2.05, 4.69) is 10.2 Å². The Morgan fingerprint density at radius 1 is 0.917 bits per heavy atom. The zero-order valence-corrected chi connectivity index (χ0v) is 19.8. The molecule has 8 heteroatoms. The van der Waals surface area contributed by atoms with Gasteiger partial charge < -0.3 is 24.3 Å². The molecule has 1 N–H and O–H groups in total. The van der Waals surface area contributed by atoms with Gasteiger partial charge in [0.25, 0.3) is 11.8 Å². The van der Waals surface area contributed by atoms with E-state index in [0.29, 0.717) is 48.6 Å². The van der Waals surface area contributed by atoms with Crippen LogP contribution in [0, 0.1) is 5.82 Å². The molecule has 0 radical (unpaired) electrons. The molecule has 0 bridgehead atoms. The van der Waals surface area contributed by atoms with Crippen molar-refractivity contribution in [3.8, 4) is 5.75 Å². The van der Waals surface area contributed by atoms with Crippen molar-refractivity contribution in [1.82, 2.24) is 4.90 Å². The van der Waals surface area contributed by atoms with E-state index >= 15 is 0 Å². The molecule has 0 aliphatic carbocycles. The van der Waals surface area contributed by atoms with Gasteiger partial charge in [-0.3, -0.25) is 9.59 Å². The van der Waals surface area contributed by atoms with E-state index < -0.39 is 6.10 Å². The maximum absolute atomic E-state index is 13.5. The number of ether oxygens (including phenoxy) is 1. The van der Waals surface area contributed by atoms with E-state index in [9.17, 15) is 14.0 Å². The normalized spacial score (nSPS) is 14.5. The Bertz CT molecular complexity index is 1360. The van der Waals surface area contributed by atoms with Crippen LogP contribution in [0.5, 0.6) is 5.75 Å². The van der Waals surface area contributed by atoms with Crippen molar-refractivity contribution >= 4 is 34.2 Å². The summed E-state index contributed by atoms with van der Waals surface area (Å²) >= 11 is 0. The number of nitrogens with zero attached hydrogens (tertiary/aromatic N) is 2. The minimum Gasteiger partial charge on any atom is -0.481 e. The highest BCUT2D eigenvalue weighted by molar-refractivity contribution is 6.11. The second kappa shape index (κ2) is 10.1. The van der Waals surface area contributed by atoms with Gasteiger partial charge in [0, 0.05) is 37.3 Å². The van der Waals surface area contributed by atoms with E-state index in [1.807, 2.05) is 30.3 Å². The number of carbonyl (C=O) groups is 2. The first-order chi connectivity index (χ1) is 17.5. The van der Waals surface area contributed by atoms with E-state index in [-0.39, 0.29) is 23.4 Å². The summed E-state index contributed by atoms with van der Waals surface area (Å²) in [6.07, 6.45) is -0.789. The van der Waals surface area contributed by atoms with E-state index in [4.69, 9.17) is 9.15 Å². The Morgan fingerprint density at radius 2 is 1.58 bits per heavy atom. The molecule has 1 fully saturated rings. The predicted molar refractivity (Wildman–Crippen MR) is 136 cm³/mol. The minimum atomic E-state index is -0.789. The number of amides is 2. The zero-order chi connectivity index (χ0) is 25.1. The summed E-state index contributed by atoms with van der Waals surface area (Å²) in [6.45, 7) is 3.78. The summed E-state index contributed by atoms with van der Waals surface area (Å²) in [5.41, 5.74) is 1.76. The third kappa shape index (κ3) is 4.88. The summed E-state index contributed by atoms with van der Waals surface area (Å²) < 4.78 is 24.9. The van der Waals surface area contributed by atoms with Gasteiger partial charge in [0.2, 0.25) is 5.76 Å². The molecule has 1 atom stereocenters. The number of nitrogens with one attached hydrogen (secondary N) is 1. The van der Waals surface area contributed by atoms with Crippen molar-refractivity contribution in [3.05, 3.63) is 90.4 Å². The lowest BCUT2D eigenvalue weighted by Crippen LogP contribution is -2.48. The fourth-order valence-electron chi connectivity index (χ4n) is 4.26. The van der Waals surface area contributed by atoms with Crippen LogP contribution < -0.4 is 15.0 Å². The lowest BCUT2D eigenvalue weighted by molar-refractivity contribution is -0.122. The molecule has 36 heavy (non-hydrogen) atoms. The molecule has 1 aromatic heterocycles. The maximum Gasteiger partial charge on any atom is 0.291 e.